The summed E-state index contributed by atoms with van der Waals surface area (Å²) in [6.45, 7) is 11.5. The van der Waals surface area contributed by atoms with Gasteiger partial charge in [-0.1, -0.05) is 59.0 Å². The molecule has 2 aliphatic heterocycles. The molecule has 0 saturated carbocycles. The first-order chi connectivity index (χ1) is 19.7. The number of aromatic nitrogens is 1. The maximum Gasteiger partial charge on any atom is 0.422 e. The number of fused-ring (bicyclic) bond motifs is 2. The van der Waals surface area contributed by atoms with E-state index in [2.05, 4.69) is 79.8 Å². The van der Waals surface area contributed by atoms with E-state index in [-0.39, 0.29) is 21.9 Å². The monoisotopic (exact) mass is 670 g/mol. The van der Waals surface area contributed by atoms with Gasteiger partial charge in [-0.3, -0.25) is 9.69 Å². The highest BCUT2D eigenvalue weighted by molar-refractivity contribution is 14.1. The Labute approximate surface area is 256 Å². The molecular formula is C32H39IN4O4. The number of halogens is 1. The summed E-state index contributed by atoms with van der Waals surface area (Å²) in [5, 5.41) is 2.61. The molecule has 2 aromatic carbocycles. The summed E-state index contributed by atoms with van der Waals surface area (Å²) in [5.41, 5.74) is 2.17. The van der Waals surface area contributed by atoms with Gasteiger partial charge in [0.25, 0.3) is 0 Å². The smallest absolute Gasteiger partial charge is 0.422 e. The fourth-order valence-electron chi connectivity index (χ4n) is 5.24. The SMILES string of the molecule is CC(OC(=O)N1C(=O)CCc2ccc(OCCCCN3CCN(c4cccc5ccccc45)CC3)nc21)C(C)(C)I. The number of benzene rings is 2. The van der Waals surface area contributed by atoms with Gasteiger partial charge in [-0.25, -0.2) is 4.79 Å². The lowest BCUT2D eigenvalue weighted by atomic mass is 10.1. The fourth-order valence-corrected chi connectivity index (χ4v) is 5.37. The lowest BCUT2D eigenvalue weighted by molar-refractivity contribution is -0.118. The molecule has 0 radical (unpaired) electrons. The van der Waals surface area contributed by atoms with Gasteiger partial charge in [0.05, 0.1) is 10.0 Å². The van der Waals surface area contributed by atoms with E-state index in [0.29, 0.717) is 24.7 Å². The van der Waals surface area contributed by atoms with Crippen LogP contribution in [0.15, 0.2) is 54.6 Å². The molecule has 2 amide bonds. The Morgan fingerprint density at radius 2 is 1.76 bits per heavy atom. The van der Waals surface area contributed by atoms with Crippen molar-refractivity contribution in [3.63, 3.8) is 0 Å². The molecule has 8 nitrogen and oxygen atoms in total. The first-order valence-corrected chi connectivity index (χ1v) is 15.6. The van der Waals surface area contributed by atoms with Crippen molar-refractivity contribution in [1.29, 1.82) is 0 Å². The van der Waals surface area contributed by atoms with Gasteiger partial charge in [0.1, 0.15) is 6.10 Å². The largest absolute Gasteiger partial charge is 0.478 e. The molecule has 1 atom stereocenters. The van der Waals surface area contributed by atoms with Gasteiger partial charge in [0.15, 0.2) is 5.82 Å². The summed E-state index contributed by atoms with van der Waals surface area (Å²) in [5.74, 6) is 0.444. The van der Waals surface area contributed by atoms with Crippen LogP contribution in [-0.4, -0.2) is 70.7 Å². The Balaban J connectivity index is 1.09. The van der Waals surface area contributed by atoms with Gasteiger partial charge < -0.3 is 14.4 Å². The summed E-state index contributed by atoms with van der Waals surface area (Å²) in [6, 6.07) is 18.9. The van der Waals surface area contributed by atoms with E-state index >= 15 is 0 Å². The minimum absolute atomic E-state index is 0.252. The van der Waals surface area contributed by atoms with Crippen LogP contribution in [0.5, 0.6) is 5.88 Å². The van der Waals surface area contributed by atoms with Crippen LogP contribution < -0.4 is 14.5 Å². The third kappa shape index (κ3) is 7.12. The zero-order valence-electron chi connectivity index (χ0n) is 24.1. The van der Waals surface area contributed by atoms with Crippen LogP contribution in [0.2, 0.25) is 0 Å². The lowest BCUT2D eigenvalue weighted by Gasteiger charge is -2.36. The van der Waals surface area contributed by atoms with Crippen LogP contribution >= 0.6 is 22.6 Å². The maximum atomic E-state index is 12.9. The third-order valence-corrected chi connectivity index (χ3v) is 8.90. The molecule has 1 unspecified atom stereocenters. The molecule has 41 heavy (non-hydrogen) atoms. The number of ether oxygens (including phenoxy) is 2. The Hall–Kier alpha value is -2.92. The number of anilines is 2. The number of carbonyl (C=O) groups is 2. The standard InChI is InChI=1S/C32H39IN4O4/c1-23(32(2,3)33)41-31(39)37-29(38)16-14-25-13-15-28(34-30(25)37)40-22-7-6-17-35-18-20-36(21-19-35)27-12-8-10-24-9-4-5-11-26(24)27/h4-5,8-13,15,23H,6-7,14,16-22H2,1-3H3. The van der Waals surface area contributed by atoms with Crippen molar-refractivity contribution in [2.45, 2.75) is 56.0 Å². The van der Waals surface area contributed by atoms with E-state index in [9.17, 15) is 9.59 Å². The summed E-state index contributed by atoms with van der Waals surface area (Å²) < 4.78 is 11.3. The Kier molecular flexibility index (Phi) is 9.33. The molecule has 3 heterocycles. The number of hydrogen-bond acceptors (Lipinski definition) is 7. The topological polar surface area (TPSA) is 75.2 Å². The average Bonchev–Trinajstić information content (AvgIpc) is 2.96. The number of hydrogen-bond donors (Lipinski definition) is 0. The molecule has 9 heteroatoms. The number of alkyl halides is 1. The van der Waals surface area contributed by atoms with Gasteiger partial charge in [-0.2, -0.15) is 9.88 Å². The van der Waals surface area contributed by atoms with Gasteiger partial charge in [0, 0.05) is 49.7 Å². The highest BCUT2D eigenvalue weighted by Gasteiger charge is 2.35. The normalized spacial score (nSPS) is 16.9. The van der Waals surface area contributed by atoms with E-state index in [1.807, 2.05) is 32.9 Å². The fraction of sp³-hybridized carbons (Fsp3) is 0.469. The van der Waals surface area contributed by atoms with E-state index < -0.39 is 6.09 Å². The van der Waals surface area contributed by atoms with E-state index in [4.69, 9.17) is 9.47 Å². The predicted octanol–water partition coefficient (Wildman–Crippen LogP) is 6.23. The Morgan fingerprint density at radius 3 is 2.54 bits per heavy atom. The van der Waals surface area contributed by atoms with Gasteiger partial charge in [-0.15, -0.1) is 0 Å². The van der Waals surface area contributed by atoms with Gasteiger partial charge >= 0.3 is 6.09 Å². The van der Waals surface area contributed by atoms with E-state index in [1.54, 1.807) is 0 Å². The Bertz CT molecular complexity index is 1380. The van der Waals surface area contributed by atoms with Crippen LogP contribution in [0.25, 0.3) is 10.8 Å². The second kappa shape index (κ2) is 12.9. The second-order valence-electron chi connectivity index (χ2n) is 11.3. The molecule has 2 aliphatic rings. The molecule has 0 aliphatic carbocycles. The number of aryl methyl sites for hydroxylation is 1. The van der Waals surface area contributed by atoms with Crippen LogP contribution in [-0.2, 0) is 16.0 Å². The minimum Gasteiger partial charge on any atom is -0.478 e. The highest BCUT2D eigenvalue weighted by atomic mass is 127. The summed E-state index contributed by atoms with van der Waals surface area (Å²) in [7, 11) is 0. The first-order valence-electron chi connectivity index (χ1n) is 14.5. The third-order valence-electron chi connectivity index (χ3n) is 8.02. The molecule has 0 spiro atoms. The van der Waals surface area contributed by atoms with Gasteiger partial charge in [-0.05, 0) is 69.7 Å². The summed E-state index contributed by atoms with van der Waals surface area (Å²) >= 11 is 2.24. The van der Waals surface area contributed by atoms with Crippen LogP contribution in [0.3, 0.4) is 0 Å². The molecule has 0 bridgehead atoms. The minimum atomic E-state index is -0.682. The number of rotatable bonds is 9. The number of piperazine rings is 1. The van der Waals surface area contributed by atoms with Crippen molar-refractivity contribution < 1.29 is 19.1 Å². The molecular weight excluding hydrogens is 631 g/mol. The molecule has 1 aromatic heterocycles. The zero-order chi connectivity index (χ0) is 29.0. The van der Waals surface area contributed by atoms with Crippen molar-refractivity contribution in [3.8, 4) is 5.88 Å². The van der Waals surface area contributed by atoms with E-state index in [0.717, 1.165) is 56.0 Å². The van der Waals surface area contributed by atoms with Gasteiger partial charge in [0.2, 0.25) is 11.8 Å². The number of nitrogens with zero attached hydrogens (tertiary/aromatic N) is 4. The molecule has 1 saturated heterocycles. The van der Waals surface area contributed by atoms with Crippen LogP contribution in [0, 0.1) is 0 Å². The van der Waals surface area contributed by atoms with Crippen molar-refractivity contribution in [2.24, 2.45) is 0 Å². The number of imide groups is 1. The zero-order valence-corrected chi connectivity index (χ0v) is 26.3. The van der Waals surface area contributed by atoms with Crippen molar-refractivity contribution >= 4 is 56.9 Å². The molecule has 5 rings (SSSR count). The second-order valence-corrected chi connectivity index (χ2v) is 14.1. The number of carbonyl (C=O) groups excluding carboxylic acids is 2. The number of amides is 2. The summed E-state index contributed by atoms with van der Waals surface area (Å²) in [6.07, 6.45) is 1.68. The number of pyridine rings is 1. The van der Waals surface area contributed by atoms with Crippen molar-refractivity contribution in [2.75, 3.05) is 49.1 Å². The maximum absolute atomic E-state index is 12.9. The number of unbranched alkanes of at least 4 members (excludes halogenated alkanes) is 1. The average molecular weight is 671 g/mol. The molecule has 0 N–H and O–H groups in total. The molecule has 218 valence electrons. The van der Waals surface area contributed by atoms with Crippen LogP contribution in [0.1, 0.15) is 45.6 Å². The molecule has 1 fully saturated rings. The quantitative estimate of drug-likeness (QED) is 0.152. The lowest BCUT2D eigenvalue weighted by Crippen LogP contribution is -2.46. The first kappa shape index (κ1) is 29.6. The summed E-state index contributed by atoms with van der Waals surface area (Å²) in [4.78, 5) is 36.3. The van der Waals surface area contributed by atoms with E-state index in [1.165, 1.54) is 16.5 Å². The molecule has 3 aromatic rings. The predicted molar refractivity (Wildman–Crippen MR) is 171 cm³/mol. The van der Waals surface area contributed by atoms with Crippen molar-refractivity contribution in [1.82, 2.24) is 9.88 Å². The Morgan fingerprint density at radius 1 is 1.00 bits per heavy atom. The highest BCUT2D eigenvalue weighted by Crippen LogP contribution is 2.31. The van der Waals surface area contributed by atoms with Crippen LogP contribution in [0.4, 0.5) is 16.3 Å². The van der Waals surface area contributed by atoms with Crippen molar-refractivity contribution in [3.05, 3.63) is 60.2 Å².